The molecule has 1 aliphatic rings. The largest absolute Gasteiger partial charge is 0.363 e. The number of aromatic nitrogens is 2. The van der Waals surface area contributed by atoms with Gasteiger partial charge in [0.1, 0.15) is 5.60 Å². The summed E-state index contributed by atoms with van der Waals surface area (Å²) in [6, 6.07) is 0. The van der Waals surface area contributed by atoms with Gasteiger partial charge in [0.15, 0.2) is 0 Å². The molecule has 0 aliphatic carbocycles. The number of H-pyrrole nitrogens is 1. The third kappa shape index (κ3) is 0.671. The molecule has 1 saturated heterocycles. The molecule has 1 unspecified atom stereocenters. The fraction of sp³-hybridized carbons (Fsp3) is 0.571. The average molecular weight is 138 g/mol. The Morgan fingerprint density at radius 3 is 2.90 bits per heavy atom. The van der Waals surface area contributed by atoms with Crippen molar-refractivity contribution >= 4 is 0 Å². The van der Waals surface area contributed by atoms with E-state index in [-0.39, 0.29) is 5.60 Å². The SMILES string of the molecule is Cc1[nH]cnc1C1(C)CO1. The predicted octanol–water partition coefficient (Wildman–Crippen LogP) is 0.964. The monoisotopic (exact) mass is 138 g/mol. The first-order valence-corrected chi connectivity index (χ1v) is 3.37. The molecule has 0 spiro atoms. The van der Waals surface area contributed by atoms with Crippen molar-refractivity contribution in [2.24, 2.45) is 0 Å². The molecule has 3 nitrogen and oxygen atoms in total. The van der Waals surface area contributed by atoms with Gasteiger partial charge >= 0.3 is 0 Å². The molecule has 1 aliphatic heterocycles. The molecule has 3 heteroatoms. The molecule has 1 N–H and O–H groups in total. The summed E-state index contributed by atoms with van der Waals surface area (Å²) in [5, 5.41) is 0. The summed E-state index contributed by atoms with van der Waals surface area (Å²) in [6.07, 6.45) is 1.71. The highest BCUT2D eigenvalue weighted by molar-refractivity contribution is 5.21. The molecule has 0 bridgehead atoms. The topological polar surface area (TPSA) is 41.2 Å². The van der Waals surface area contributed by atoms with Crippen molar-refractivity contribution in [1.29, 1.82) is 0 Å². The van der Waals surface area contributed by atoms with Gasteiger partial charge in [0, 0.05) is 5.69 Å². The molecular formula is C7H10N2O. The molecule has 1 aromatic heterocycles. The van der Waals surface area contributed by atoms with Crippen LogP contribution in [0, 0.1) is 6.92 Å². The van der Waals surface area contributed by atoms with Crippen LogP contribution in [0.1, 0.15) is 18.3 Å². The first-order chi connectivity index (χ1) is 4.72. The Kier molecular flexibility index (Phi) is 0.951. The van der Waals surface area contributed by atoms with Crippen LogP contribution in [0.3, 0.4) is 0 Å². The standard InChI is InChI=1S/C7H10N2O/c1-5-6(9-4-8-5)7(2)3-10-7/h4H,3H2,1-2H3,(H,8,9). The number of hydrogen-bond donors (Lipinski definition) is 1. The number of hydrogen-bond acceptors (Lipinski definition) is 2. The van der Waals surface area contributed by atoms with Crippen LogP contribution in [0.5, 0.6) is 0 Å². The lowest BCUT2D eigenvalue weighted by Gasteiger charge is -1.99. The van der Waals surface area contributed by atoms with Crippen molar-refractivity contribution in [2.75, 3.05) is 6.61 Å². The number of imidazole rings is 1. The molecular weight excluding hydrogens is 128 g/mol. The average Bonchev–Trinajstić information content (AvgIpc) is 2.44. The van der Waals surface area contributed by atoms with E-state index in [4.69, 9.17) is 4.74 Å². The summed E-state index contributed by atoms with van der Waals surface area (Å²) in [5.74, 6) is 0. The molecule has 1 atom stereocenters. The Morgan fingerprint density at radius 2 is 2.50 bits per heavy atom. The molecule has 2 heterocycles. The first kappa shape index (κ1) is 5.92. The summed E-state index contributed by atoms with van der Waals surface area (Å²) in [4.78, 5) is 7.19. The van der Waals surface area contributed by atoms with Gasteiger partial charge in [-0.25, -0.2) is 4.98 Å². The van der Waals surface area contributed by atoms with E-state index in [1.54, 1.807) is 6.33 Å². The van der Waals surface area contributed by atoms with Crippen LogP contribution in [0.4, 0.5) is 0 Å². The second-order valence-corrected chi connectivity index (χ2v) is 2.90. The number of nitrogens with zero attached hydrogens (tertiary/aromatic N) is 1. The lowest BCUT2D eigenvalue weighted by molar-refractivity contribution is 0.323. The molecule has 0 amide bonds. The summed E-state index contributed by atoms with van der Waals surface area (Å²) >= 11 is 0. The van der Waals surface area contributed by atoms with Gasteiger partial charge in [-0.1, -0.05) is 0 Å². The molecule has 1 fully saturated rings. The molecule has 10 heavy (non-hydrogen) atoms. The van der Waals surface area contributed by atoms with Crippen LogP contribution in [0.2, 0.25) is 0 Å². The zero-order valence-electron chi connectivity index (χ0n) is 6.14. The Morgan fingerprint density at radius 1 is 1.80 bits per heavy atom. The highest BCUT2D eigenvalue weighted by Crippen LogP contribution is 2.37. The van der Waals surface area contributed by atoms with E-state index in [1.165, 1.54) is 0 Å². The van der Waals surface area contributed by atoms with E-state index >= 15 is 0 Å². The van der Waals surface area contributed by atoms with Gasteiger partial charge in [0.25, 0.3) is 0 Å². The van der Waals surface area contributed by atoms with Gasteiger partial charge in [0.05, 0.1) is 18.6 Å². The summed E-state index contributed by atoms with van der Waals surface area (Å²) in [7, 11) is 0. The molecule has 2 rings (SSSR count). The lowest BCUT2D eigenvalue weighted by Crippen LogP contribution is -2.04. The maximum atomic E-state index is 5.24. The molecule has 0 saturated carbocycles. The van der Waals surface area contributed by atoms with E-state index in [0.29, 0.717) is 0 Å². The Hall–Kier alpha value is -0.830. The maximum absolute atomic E-state index is 5.24. The minimum Gasteiger partial charge on any atom is -0.363 e. The number of nitrogens with one attached hydrogen (secondary N) is 1. The second-order valence-electron chi connectivity index (χ2n) is 2.90. The highest BCUT2D eigenvalue weighted by Gasteiger charge is 2.44. The quantitative estimate of drug-likeness (QED) is 0.587. The van der Waals surface area contributed by atoms with Crippen molar-refractivity contribution in [3.8, 4) is 0 Å². The van der Waals surface area contributed by atoms with Crippen molar-refractivity contribution in [3.05, 3.63) is 17.7 Å². The zero-order chi connectivity index (χ0) is 7.19. The highest BCUT2D eigenvalue weighted by atomic mass is 16.6. The fourth-order valence-corrected chi connectivity index (χ4v) is 1.14. The van der Waals surface area contributed by atoms with Crippen molar-refractivity contribution in [2.45, 2.75) is 19.4 Å². The summed E-state index contributed by atoms with van der Waals surface area (Å²) < 4.78 is 5.24. The minimum absolute atomic E-state index is 0.0793. The third-order valence-electron chi connectivity index (χ3n) is 1.91. The zero-order valence-corrected chi connectivity index (χ0v) is 6.14. The third-order valence-corrected chi connectivity index (χ3v) is 1.91. The van der Waals surface area contributed by atoms with Crippen LogP contribution >= 0.6 is 0 Å². The number of epoxide rings is 1. The van der Waals surface area contributed by atoms with E-state index in [2.05, 4.69) is 16.9 Å². The normalized spacial score (nSPS) is 30.6. The molecule has 0 aromatic carbocycles. The van der Waals surface area contributed by atoms with E-state index < -0.39 is 0 Å². The Balaban J connectivity index is 2.42. The Labute approximate surface area is 59.4 Å². The first-order valence-electron chi connectivity index (χ1n) is 3.37. The van der Waals surface area contributed by atoms with Crippen molar-refractivity contribution in [3.63, 3.8) is 0 Å². The summed E-state index contributed by atoms with van der Waals surface area (Å²) in [6.45, 7) is 4.87. The molecule has 54 valence electrons. The van der Waals surface area contributed by atoms with Crippen molar-refractivity contribution < 1.29 is 4.74 Å². The van der Waals surface area contributed by atoms with Crippen LogP contribution in [-0.2, 0) is 10.3 Å². The van der Waals surface area contributed by atoms with E-state index in [9.17, 15) is 0 Å². The number of aromatic amines is 1. The molecule has 1 aromatic rings. The number of ether oxygens (including phenoxy) is 1. The predicted molar refractivity (Wildman–Crippen MR) is 36.6 cm³/mol. The van der Waals surface area contributed by atoms with Crippen LogP contribution in [0.25, 0.3) is 0 Å². The van der Waals surface area contributed by atoms with E-state index in [1.807, 2.05) is 6.92 Å². The van der Waals surface area contributed by atoms with Gasteiger partial charge in [-0.2, -0.15) is 0 Å². The summed E-state index contributed by atoms with van der Waals surface area (Å²) in [5.41, 5.74) is 2.08. The minimum atomic E-state index is -0.0793. The van der Waals surface area contributed by atoms with Gasteiger partial charge in [-0.05, 0) is 13.8 Å². The fourth-order valence-electron chi connectivity index (χ4n) is 1.14. The van der Waals surface area contributed by atoms with Gasteiger partial charge < -0.3 is 9.72 Å². The molecule has 0 radical (unpaired) electrons. The van der Waals surface area contributed by atoms with Crippen LogP contribution < -0.4 is 0 Å². The smallest absolute Gasteiger partial charge is 0.132 e. The Bertz CT molecular complexity index is 250. The second kappa shape index (κ2) is 1.61. The van der Waals surface area contributed by atoms with Crippen LogP contribution in [0.15, 0.2) is 6.33 Å². The van der Waals surface area contributed by atoms with E-state index in [0.717, 1.165) is 18.0 Å². The number of aryl methyl sites for hydroxylation is 1. The maximum Gasteiger partial charge on any atom is 0.132 e. The van der Waals surface area contributed by atoms with Crippen LogP contribution in [-0.4, -0.2) is 16.6 Å². The van der Waals surface area contributed by atoms with Gasteiger partial charge in [-0.3, -0.25) is 0 Å². The number of rotatable bonds is 1. The van der Waals surface area contributed by atoms with Crippen molar-refractivity contribution in [1.82, 2.24) is 9.97 Å². The van der Waals surface area contributed by atoms with Gasteiger partial charge in [0.2, 0.25) is 0 Å². The lowest BCUT2D eigenvalue weighted by atomic mass is 10.1. The van der Waals surface area contributed by atoms with Gasteiger partial charge in [-0.15, -0.1) is 0 Å².